The fourth-order valence-corrected chi connectivity index (χ4v) is 3.92. The molecule has 8 nitrogen and oxygen atoms in total. The van der Waals surface area contributed by atoms with Crippen LogP contribution in [0, 0.1) is 0 Å². The van der Waals surface area contributed by atoms with Crippen LogP contribution in [0.2, 0.25) is 10.0 Å². The molecule has 0 saturated carbocycles. The van der Waals surface area contributed by atoms with Gasteiger partial charge in [0.2, 0.25) is 5.91 Å². The number of nitrogens with one attached hydrogen (secondary N) is 1. The summed E-state index contributed by atoms with van der Waals surface area (Å²) in [6.07, 6.45) is 1.82. The summed E-state index contributed by atoms with van der Waals surface area (Å²) in [5, 5.41) is 12.2. The molecule has 3 heterocycles. The van der Waals surface area contributed by atoms with E-state index in [2.05, 4.69) is 32.5 Å². The molecule has 1 aliphatic heterocycles. The molecular formula is C21H24Cl2N6O2. The lowest BCUT2D eigenvalue weighted by Crippen LogP contribution is -2.43. The van der Waals surface area contributed by atoms with E-state index in [1.165, 1.54) is 0 Å². The second kappa shape index (κ2) is 9.82. The van der Waals surface area contributed by atoms with E-state index in [4.69, 9.17) is 27.6 Å². The SMILES string of the molecule is CN1CCN(Cc2cn(CC(=O)NCc3ccc(-c4ccc(Cl)cc4Cl)o3)nn2)CC1. The Balaban J connectivity index is 1.26. The van der Waals surface area contributed by atoms with Crippen LogP contribution >= 0.6 is 23.2 Å². The molecule has 164 valence electrons. The van der Waals surface area contributed by atoms with Gasteiger partial charge in [0.1, 0.15) is 18.1 Å². The van der Waals surface area contributed by atoms with Crippen molar-refractivity contribution in [1.82, 2.24) is 30.1 Å². The number of aromatic nitrogens is 3. The van der Waals surface area contributed by atoms with E-state index in [0.29, 0.717) is 21.6 Å². The lowest BCUT2D eigenvalue weighted by Gasteiger charge is -2.31. The van der Waals surface area contributed by atoms with Gasteiger partial charge in [0, 0.05) is 43.3 Å². The first kappa shape index (κ1) is 21.8. The van der Waals surface area contributed by atoms with Crippen LogP contribution in [0.15, 0.2) is 40.9 Å². The third-order valence-electron chi connectivity index (χ3n) is 5.19. The minimum absolute atomic E-state index is 0.103. The van der Waals surface area contributed by atoms with Crippen molar-refractivity contribution in [3.63, 3.8) is 0 Å². The number of halogens is 2. The first-order valence-electron chi connectivity index (χ1n) is 10.1. The number of nitrogens with zero attached hydrogens (tertiary/aromatic N) is 5. The number of hydrogen-bond acceptors (Lipinski definition) is 6. The number of amides is 1. The Morgan fingerprint density at radius 2 is 1.97 bits per heavy atom. The van der Waals surface area contributed by atoms with E-state index in [1.807, 2.05) is 18.3 Å². The molecule has 1 aliphatic rings. The molecule has 1 saturated heterocycles. The summed E-state index contributed by atoms with van der Waals surface area (Å²) in [6, 6.07) is 8.85. The molecular weight excluding hydrogens is 439 g/mol. The molecule has 1 amide bonds. The van der Waals surface area contributed by atoms with Crippen LogP contribution in [-0.2, 0) is 24.4 Å². The van der Waals surface area contributed by atoms with E-state index in [1.54, 1.807) is 22.9 Å². The van der Waals surface area contributed by atoms with Gasteiger partial charge in [0.05, 0.1) is 23.5 Å². The van der Waals surface area contributed by atoms with Crippen LogP contribution < -0.4 is 5.32 Å². The largest absolute Gasteiger partial charge is 0.459 e. The van der Waals surface area contributed by atoms with Crippen LogP contribution in [0.25, 0.3) is 11.3 Å². The predicted octanol–water partition coefficient (Wildman–Crippen LogP) is 2.91. The highest BCUT2D eigenvalue weighted by molar-refractivity contribution is 6.36. The van der Waals surface area contributed by atoms with Gasteiger partial charge >= 0.3 is 0 Å². The summed E-state index contributed by atoms with van der Waals surface area (Å²) in [4.78, 5) is 16.9. The molecule has 0 bridgehead atoms. The average Bonchev–Trinajstić information content (AvgIpc) is 3.38. The van der Waals surface area contributed by atoms with E-state index < -0.39 is 0 Å². The van der Waals surface area contributed by atoms with Crippen molar-refractivity contribution in [2.45, 2.75) is 19.6 Å². The number of furan rings is 1. The maximum absolute atomic E-state index is 12.3. The van der Waals surface area contributed by atoms with Gasteiger partial charge in [-0.2, -0.15) is 0 Å². The lowest BCUT2D eigenvalue weighted by molar-refractivity contribution is -0.122. The Bertz CT molecular complexity index is 1040. The Kier molecular flexibility index (Phi) is 6.92. The molecule has 10 heteroatoms. The average molecular weight is 463 g/mol. The Morgan fingerprint density at radius 3 is 2.74 bits per heavy atom. The molecule has 0 spiro atoms. The van der Waals surface area contributed by atoms with Crippen molar-refractivity contribution in [2.24, 2.45) is 0 Å². The van der Waals surface area contributed by atoms with Crippen molar-refractivity contribution in [2.75, 3.05) is 33.2 Å². The van der Waals surface area contributed by atoms with Crippen LogP contribution in [0.1, 0.15) is 11.5 Å². The second-order valence-corrected chi connectivity index (χ2v) is 8.50. The highest BCUT2D eigenvalue weighted by Crippen LogP contribution is 2.31. The highest BCUT2D eigenvalue weighted by Gasteiger charge is 2.16. The standard InChI is InChI=1S/C21H24Cl2N6O2/c1-27-6-8-28(9-7-27)12-16-13-29(26-25-16)14-21(30)24-11-17-3-5-20(31-17)18-4-2-15(22)10-19(18)23/h2-5,10,13H,6-9,11-12,14H2,1H3,(H,24,30). The molecule has 0 unspecified atom stereocenters. The van der Waals surface area contributed by atoms with Gasteiger partial charge in [-0.3, -0.25) is 9.69 Å². The minimum atomic E-state index is -0.168. The fourth-order valence-electron chi connectivity index (χ4n) is 3.42. The molecule has 0 aliphatic carbocycles. The van der Waals surface area contributed by atoms with Gasteiger partial charge in [-0.15, -0.1) is 5.10 Å². The van der Waals surface area contributed by atoms with Crippen molar-refractivity contribution < 1.29 is 9.21 Å². The predicted molar refractivity (Wildman–Crippen MR) is 119 cm³/mol. The molecule has 1 fully saturated rings. The van der Waals surface area contributed by atoms with Gasteiger partial charge in [0.15, 0.2) is 0 Å². The van der Waals surface area contributed by atoms with Gasteiger partial charge < -0.3 is 14.6 Å². The molecule has 3 aromatic rings. The highest BCUT2D eigenvalue weighted by atomic mass is 35.5. The number of hydrogen-bond donors (Lipinski definition) is 1. The first-order valence-corrected chi connectivity index (χ1v) is 10.8. The van der Waals surface area contributed by atoms with E-state index in [9.17, 15) is 4.79 Å². The summed E-state index contributed by atoms with van der Waals surface area (Å²) in [7, 11) is 2.13. The molecule has 1 N–H and O–H groups in total. The van der Waals surface area contributed by atoms with Crippen LogP contribution in [0.4, 0.5) is 0 Å². The fraction of sp³-hybridized carbons (Fsp3) is 0.381. The Morgan fingerprint density at radius 1 is 1.16 bits per heavy atom. The van der Waals surface area contributed by atoms with Crippen molar-refractivity contribution in [3.05, 3.63) is 58.0 Å². The van der Waals surface area contributed by atoms with Crippen LogP contribution in [-0.4, -0.2) is 63.9 Å². The monoisotopic (exact) mass is 462 g/mol. The van der Waals surface area contributed by atoms with Gasteiger partial charge in [-0.25, -0.2) is 4.68 Å². The summed E-state index contributed by atoms with van der Waals surface area (Å²) in [5.74, 6) is 1.08. The Hall–Kier alpha value is -2.39. The second-order valence-electron chi connectivity index (χ2n) is 7.65. The number of carbonyl (C=O) groups excluding carboxylic acids is 1. The minimum Gasteiger partial charge on any atom is -0.459 e. The molecule has 0 atom stereocenters. The zero-order chi connectivity index (χ0) is 21.8. The number of carbonyl (C=O) groups is 1. The lowest BCUT2D eigenvalue weighted by atomic mass is 10.2. The Labute approximate surface area is 190 Å². The normalized spacial score (nSPS) is 15.3. The first-order chi connectivity index (χ1) is 15.0. The van der Waals surface area contributed by atoms with Gasteiger partial charge in [0.25, 0.3) is 0 Å². The molecule has 31 heavy (non-hydrogen) atoms. The van der Waals surface area contributed by atoms with E-state index in [0.717, 1.165) is 44.0 Å². The molecule has 1 aromatic carbocycles. The number of likely N-dealkylation sites (N-methyl/N-ethyl adjacent to an activating group) is 1. The molecule has 2 aromatic heterocycles. The zero-order valence-electron chi connectivity index (χ0n) is 17.2. The van der Waals surface area contributed by atoms with Crippen LogP contribution in [0.5, 0.6) is 0 Å². The van der Waals surface area contributed by atoms with E-state index in [-0.39, 0.29) is 19.0 Å². The van der Waals surface area contributed by atoms with Crippen molar-refractivity contribution in [1.29, 1.82) is 0 Å². The maximum atomic E-state index is 12.3. The zero-order valence-corrected chi connectivity index (χ0v) is 18.7. The van der Waals surface area contributed by atoms with Crippen LogP contribution in [0.3, 0.4) is 0 Å². The molecule has 0 radical (unpaired) electrons. The summed E-state index contributed by atoms with van der Waals surface area (Å²) in [6.45, 7) is 5.24. The van der Waals surface area contributed by atoms with E-state index >= 15 is 0 Å². The smallest absolute Gasteiger partial charge is 0.242 e. The third-order valence-corrected chi connectivity index (χ3v) is 5.74. The topological polar surface area (TPSA) is 79.4 Å². The summed E-state index contributed by atoms with van der Waals surface area (Å²) in [5.41, 5.74) is 1.62. The number of benzene rings is 1. The number of piperazine rings is 1. The number of rotatable bonds is 7. The van der Waals surface area contributed by atoms with Gasteiger partial charge in [-0.05, 0) is 37.4 Å². The summed E-state index contributed by atoms with van der Waals surface area (Å²) < 4.78 is 7.36. The summed E-state index contributed by atoms with van der Waals surface area (Å²) >= 11 is 12.2. The van der Waals surface area contributed by atoms with Gasteiger partial charge in [-0.1, -0.05) is 28.4 Å². The third kappa shape index (κ3) is 5.86. The van der Waals surface area contributed by atoms with Crippen molar-refractivity contribution in [3.8, 4) is 11.3 Å². The quantitative estimate of drug-likeness (QED) is 0.581. The van der Waals surface area contributed by atoms with Crippen molar-refractivity contribution >= 4 is 29.1 Å². The molecule has 4 rings (SSSR count). The maximum Gasteiger partial charge on any atom is 0.242 e.